The van der Waals surface area contributed by atoms with Crippen molar-refractivity contribution in [3.05, 3.63) is 29.6 Å². The highest BCUT2D eigenvalue weighted by Crippen LogP contribution is 2.19. The smallest absolute Gasteiger partial charge is 0.224 e. The number of nitrogens with two attached hydrogens (primary N) is 1. The molecule has 0 atom stereocenters. The van der Waals surface area contributed by atoms with Gasteiger partial charge in [-0.2, -0.15) is 0 Å². The van der Waals surface area contributed by atoms with E-state index in [0.29, 0.717) is 18.7 Å². The molecule has 0 aromatic heterocycles. The van der Waals surface area contributed by atoms with Crippen LogP contribution in [0.15, 0.2) is 18.2 Å². The van der Waals surface area contributed by atoms with Crippen molar-refractivity contribution in [3.63, 3.8) is 0 Å². The molecule has 3 N–H and O–H groups in total. The van der Waals surface area contributed by atoms with Crippen LogP contribution in [0.1, 0.15) is 19.4 Å². The monoisotopic (exact) mass is 254 g/mol. The van der Waals surface area contributed by atoms with Crippen LogP contribution in [0, 0.1) is 5.82 Å². The number of halogens is 1. The van der Waals surface area contributed by atoms with E-state index >= 15 is 0 Å². The van der Waals surface area contributed by atoms with E-state index in [1.807, 2.05) is 13.8 Å². The van der Waals surface area contributed by atoms with E-state index in [1.54, 1.807) is 12.1 Å². The van der Waals surface area contributed by atoms with Crippen LogP contribution in [-0.4, -0.2) is 25.1 Å². The summed E-state index contributed by atoms with van der Waals surface area (Å²) >= 11 is 0. The Hall–Kier alpha value is -1.62. The highest BCUT2D eigenvalue weighted by atomic mass is 19.1. The predicted octanol–water partition coefficient (Wildman–Crippen LogP) is 1.23. The number of benzene rings is 1. The van der Waals surface area contributed by atoms with Gasteiger partial charge in [0.15, 0.2) is 11.6 Å². The second-order valence-electron chi connectivity index (χ2n) is 4.25. The van der Waals surface area contributed by atoms with Crippen molar-refractivity contribution in [2.24, 2.45) is 5.73 Å². The van der Waals surface area contributed by atoms with Gasteiger partial charge in [-0.15, -0.1) is 0 Å². The van der Waals surface area contributed by atoms with Crippen LogP contribution >= 0.6 is 0 Å². The van der Waals surface area contributed by atoms with Crippen LogP contribution in [-0.2, 0) is 11.2 Å². The van der Waals surface area contributed by atoms with E-state index in [9.17, 15) is 9.18 Å². The van der Waals surface area contributed by atoms with E-state index in [1.165, 1.54) is 6.07 Å². The second-order valence-corrected chi connectivity index (χ2v) is 4.25. The molecule has 4 nitrogen and oxygen atoms in total. The maximum Gasteiger partial charge on any atom is 0.224 e. The third kappa shape index (κ3) is 4.71. The summed E-state index contributed by atoms with van der Waals surface area (Å²) in [6.07, 6.45) is 0.0528. The van der Waals surface area contributed by atoms with Crippen LogP contribution in [0.25, 0.3) is 0 Å². The minimum Gasteiger partial charge on any atom is -0.488 e. The molecular formula is C13H19FN2O2. The normalized spacial score (nSPS) is 10.5. The average Bonchev–Trinajstić information content (AvgIpc) is 2.29. The van der Waals surface area contributed by atoms with Gasteiger partial charge in [0.05, 0.1) is 12.5 Å². The van der Waals surface area contributed by atoms with Crippen molar-refractivity contribution < 1.29 is 13.9 Å². The summed E-state index contributed by atoms with van der Waals surface area (Å²) in [6.45, 7) is 4.47. The molecule has 1 aromatic carbocycles. The van der Waals surface area contributed by atoms with Crippen molar-refractivity contribution in [2.45, 2.75) is 26.4 Å². The molecule has 1 rings (SSSR count). The lowest BCUT2D eigenvalue weighted by Gasteiger charge is -2.11. The van der Waals surface area contributed by atoms with Crippen LogP contribution in [0.3, 0.4) is 0 Å². The fraction of sp³-hybridized carbons (Fsp3) is 0.462. The SMILES string of the molecule is CC(C)Oc1ccc(CC(=O)NCCN)cc1F. The third-order valence-corrected chi connectivity index (χ3v) is 2.19. The van der Waals surface area contributed by atoms with Gasteiger partial charge in [-0.25, -0.2) is 4.39 Å². The summed E-state index contributed by atoms with van der Waals surface area (Å²) in [5, 5.41) is 2.63. The summed E-state index contributed by atoms with van der Waals surface area (Å²) in [6, 6.07) is 4.55. The summed E-state index contributed by atoms with van der Waals surface area (Å²) < 4.78 is 18.9. The molecule has 0 spiro atoms. The zero-order valence-electron chi connectivity index (χ0n) is 10.7. The van der Waals surface area contributed by atoms with Gasteiger partial charge in [-0.1, -0.05) is 6.07 Å². The van der Waals surface area contributed by atoms with Gasteiger partial charge in [0.25, 0.3) is 0 Å². The maximum absolute atomic E-state index is 13.6. The Morgan fingerprint density at radius 3 is 2.78 bits per heavy atom. The van der Waals surface area contributed by atoms with Crippen LogP contribution < -0.4 is 15.8 Å². The Morgan fingerprint density at radius 1 is 1.50 bits per heavy atom. The molecule has 1 amide bonds. The molecule has 100 valence electrons. The molecule has 0 saturated heterocycles. The fourth-order valence-electron chi connectivity index (χ4n) is 1.46. The predicted molar refractivity (Wildman–Crippen MR) is 67.9 cm³/mol. The number of hydrogen-bond acceptors (Lipinski definition) is 3. The minimum absolute atomic E-state index is 0.0850. The second kappa shape index (κ2) is 6.96. The van der Waals surface area contributed by atoms with Gasteiger partial charge in [0.2, 0.25) is 5.91 Å². The lowest BCUT2D eigenvalue weighted by Crippen LogP contribution is -2.30. The molecule has 0 bridgehead atoms. The van der Waals surface area contributed by atoms with Crippen LogP contribution in [0.4, 0.5) is 4.39 Å². The number of nitrogens with one attached hydrogen (secondary N) is 1. The molecule has 0 radical (unpaired) electrons. The Labute approximate surface area is 106 Å². The van der Waals surface area contributed by atoms with E-state index in [4.69, 9.17) is 10.5 Å². The molecule has 1 aromatic rings. The Bertz CT molecular complexity index is 408. The first kappa shape index (κ1) is 14.4. The molecule has 0 heterocycles. The summed E-state index contributed by atoms with van der Waals surface area (Å²) in [4.78, 5) is 11.4. The molecule has 0 aliphatic rings. The Kier molecular flexibility index (Phi) is 5.58. The highest BCUT2D eigenvalue weighted by molar-refractivity contribution is 5.78. The van der Waals surface area contributed by atoms with Gasteiger partial charge in [0, 0.05) is 13.1 Å². The van der Waals surface area contributed by atoms with E-state index in [-0.39, 0.29) is 24.2 Å². The van der Waals surface area contributed by atoms with Crippen molar-refractivity contribution in [2.75, 3.05) is 13.1 Å². The van der Waals surface area contributed by atoms with Crippen molar-refractivity contribution >= 4 is 5.91 Å². The Balaban J connectivity index is 2.63. The average molecular weight is 254 g/mol. The van der Waals surface area contributed by atoms with Gasteiger partial charge in [-0.3, -0.25) is 4.79 Å². The zero-order chi connectivity index (χ0) is 13.5. The standard InChI is InChI=1S/C13H19FN2O2/c1-9(2)18-12-4-3-10(7-11(12)14)8-13(17)16-6-5-15/h3-4,7,9H,5-6,8,15H2,1-2H3,(H,16,17). The fourth-order valence-corrected chi connectivity index (χ4v) is 1.46. The number of hydrogen-bond donors (Lipinski definition) is 2. The molecular weight excluding hydrogens is 235 g/mol. The van der Waals surface area contributed by atoms with Crippen LogP contribution in [0.2, 0.25) is 0 Å². The van der Waals surface area contributed by atoms with E-state index in [2.05, 4.69) is 5.32 Å². The number of carbonyl (C=O) groups excluding carboxylic acids is 1. The van der Waals surface area contributed by atoms with Crippen molar-refractivity contribution in [1.82, 2.24) is 5.32 Å². The molecule has 0 fully saturated rings. The first-order chi connectivity index (χ1) is 8.52. The minimum atomic E-state index is -0.451. The number of amides is 1. The molecule has 18 heavy (non-hydrogen) atoms. The van der Waals surface area contributed by atoms with Gasteiger partial charge >= 0.3 is 0 Å². The quantitative estimate of drug-likeness (QED) is 0.802. The first-order valence-corrected chi connectivity index (χ1v) is 5.94. The molecule has 0 aliphatic heterocycles. The lowest BCUT2D eigenvalue weighted by molar-refractivity contribution is -0.120. The topological polar surface area (TPSA) is 64.3 Å². The van der Waals surface area contributed by atoms with Gasteiger partial charge < -0.3 is 15.8 Å². The molecule has 0 saturated carbocycles. The van der Waals surface area contributed by atoms with Gasteiger partial charge in [0.1, 0.15) is 0 Å². The molecule has 0 aliphatic carbocycles. The van der Waals surface area contributed by atoms with Gasteiger partial charge in [-0.05, 0) is 31.5 Å². The largest absolute Gasteiger partial charge is 0.488 e. The van der Waals surface area contributed by atoms with Crippen LogP contribution in [0.5, 0.6) is 5.75 Å². The van der Waals surface area contributed by atoms with Crippen molar-refractivity contribution in [3.8, 4) is 5.75 Å². The van der Waals surface area contributed by atoms with E-state index < -0.39 is 5.82 Å². The summed E-state index contributed by atoms with van der Waals surface area (Å²) in [7, 11) is 0. The molecule has 0 unspecified atom stereocenters. The summed E-state index contributed by atoms with van der Waals surface area (Å²) in [5.41, 5.74) is 5.88. The Morgan fingerprint density at radius 2 is 2.22 bits per heavy atom. The maximum atomic E-state index is 13.6. The first-order valence-electron chi connectivity index (χ1n) is 5.94. The van der Waals surface area contributed by atoms with E-state index in [0.717, 1.165) is 0 Å². The van der Waals surface area contributed by atoms with Crippen molar-refractivity contribution in [1.29, 1.82) is 0 Å². The number of carbonyl (C=O) groups is 1. The number of ether oxygens (including phenoxy) is 1. The number of rotatable bonds is 6. The molecule has 5 heteroatoms. The third-order valence-electron chi connectivity index (χ3n) is 2.19. The zero-order valence-corrected chi connectivity index (χ0v) is 10.7. The highest BCUT2D eigenvalue weighted by Gasteiger charge is 2.09. The summed E-state index contributed by atoms with van der Waals surface area (Å²) in [5.74, 6) is -0.415. The lowest BCUT2D eigenvalue weighted by atomic mass is 10.1.